The Morgan fingerprint density at radius 2 is 2.16 bits per heavy atom. The molecule has 1 saturated carbocycles. The fourth-order valence-electron chi connectivity index (χ4n) is 1.80. The van der Waals surface area contributed by atoms with Crippen LogP contribution in [0.4, 0.5) is 10.1 Å². The van der Waals surface area contributed by atoms with Crippen LogP contribution in [-0.2, 0) is 10.0 Å². The highest BCUT2D eigenvalue weighted by Crippen LogP contribution is 2.35. The first kappa shape index (κ1) is 14.5. The molecule has 0 heterocycles. The van der Waals surface area contributed by atoms with Gasteiger partial charge >= 0.3 is 0 Å². The topological polar surface area (TPSA) is 63.4 Å². The summed E-state index contributed by atoms with van der Waals surface area (Å²) in [4.78, 5) is -0.0137. The van der Waals surface area contributed by atoms with Crippen LogP contribution in [0, 0.1) is 5.82 Å². The zero-order valence-electron chi connectivity index (χ0n) is 10.1. The Balaban J connectivity index is 2.48. The molecule has 0 spiro atoms. The molecule has 4 nitrogen and oxygen atoms in total. The lowest BCUT2D eigenvalue weighted by Gasteiger charge is -2.21. The molecule has 19 heavy (non-hydrogen) atoms. The predicted molar refractivity (Wildman–Crippen MR) is 75.6 cm³/mol. The second kappa shape index (κ2) is 5.22. The average molecular weight is 349 g/mol. The molecule has 1 fully saturated rings. The van der Waals surface area contributed by atoms with Gasteiger partial charge in [0.1, 0.15) is 5.82 Å². The van der Waals surface area contributed by atoms with Gasteiger partial charge < -0.3 is 5.73 Å². The Hall–Kier alpha value is -0.920. The summed E-state index contributed by atoms with van der Waals surface area (Å²) in [6.45, 7) is 3.80. The molecule has 0 aromatic heterocycles. The monoisotopic (exact) mass is 348 g/mol. The Bertz CT molecular complexity index is 614. The van der Waals surface area contributed by atoms with Crippen LogP contribution >= 0.6 is 15.9 Å². The largest absolute Gasteiger partial charge is 0.396 e. The maximum absolute atomic E-state index is 13.3. The summed E-state index contributed by atoms with van der Waals surface area (Å²) in [7, 11) is -3.70. The fraction of sp³-hybridized carbons (Fsp3) is 0.333. The molecule has 104 valence electrons. The van der Waals surface area contributed by atoms with Crippen LogP contribution in [0.2, 0.25) is 0 Å². The van der Waals surface area contributed by atoms with E-state index in [4.69, 9.17) is 5.73 Å². The molecule has 7 heteroatoms. The summed E-state index contributed by atoms with van der Waals surface area (Å²) < 4.78 is 40.0. The molecule has 2 N–H and O–H groups in total. The van der Waals surface area contributed by atoms with Crippen molar-refractivity contribution in [2.45, 2.75) is 23.8 Å². The minimum atomic E-state index is -3.70. The number of nitrogens with two attached hydrogens (primary N) is 1. The molecule has 0 atom stereocenters. The lowest BCUT2D eigenvalue weighted by molar-refractivity contribution is 0.435. The summed E-state index contributed by atoms with van der Waals surface area (Å²) in [5.41, 5.74) is 5.27. The normalized spacial score (nSPS) is 15.7. The number of rotatable bonds is 5. The smallest absolute Gasteiger partial charge is 0.244 e. The van der Waals surface area contributed by atoms with Crippen molar-refractivity contribution in [3.05, 3.63) is 35.1 Å². The predicted octanol–water partition coefficient (Wildman–Crippen LogP) is 2.51. The molecule has 0 aliphatic heterocycles. The van der Waals surface area contributed by atoms with Gasteiger partial charge in [0.15, 0.2) is 0 Å². The standard InChI is InChI=1S/C12H14BrFN2O2S/c1-2-5-16(8-3-4-8)19(17,18)12-7-11(15)10(14)6-9(12)13/h2,6-8H,1,3-5,15H2. The molecule has 1 aromatic rings. The highest BCUT2D eigenvalue weighted by Gasteiger charge is 2.38. The Labute approximate surface area is 120 Å². The van der Waals surface area contributed by atoms with Crippen LogP contribution in [0.1, 0.15) is 12.8 Å². The van der Waals surface area contributed by atoms with Crippen LogP contribution in [0.5, 0.6) is 0 Å². The van der Waals surface area contributed by atoms with Crippen molar-refractivity contribution in [3.8, 4) is 0 Å². The van der Waals surface area contributed by atoms with Crippen LogP contribution in [0.15, 0.2) is 34.2 Å². The first-order chi connectivity index (χ1) is 8.87. The van der Waals surface area contributed by atoms with Gasteiger partial charge in [0.25, 0.3) is 0 Å². The van der Waals surface area contributed by atoms with Gasteiger partial charge in [-0.15, -0.1) is 6.58 Å². The van der Waals surface area contributed by atoms with Crippen molar-refractivity contribution in [2.24, 2.45) is 0 Å². The molecule has 0 amide bonds. The van der Waals surface area contributed by atoms with Gasteiger partial charge in [0.05, 0.1) is 10.6 Å². The molecular formula is C12H14BrFN2O2S. The van der Waals surface area contributed by atoms with Crippen molar-refractivity contribution in [1.29, 1.82) is 0 Å². The van der Waals surface area contributed by atoms with Gasteiger partial charge in [-0.1, -0.05) is 6.08 Å². The molecule has 0 saturated heterocycles. The third kappa shape index (κ3) is 2.82. The second-order valence-electron chi connectivity index (χ2n) is 4.40. The number of nitrogens with zero attached hydrogens (tertiary/aromatic N) is 1. The van der Waals surface area contributed by atoms with Crippen molar-refractivity contribution in [1.82, 2.24) is 4.31 Å². The third-order valence-corrected chi connectivity index (χ3v) is 5.78. The van der Waals surface area contributed by atoms with Gasteiger partial charge in [0.2, 0.25) is 10.0 Å². The van der Waals surface area contributed by atoms with E-state index in [9.17, 15) is 12.8 Å². The summed E-state index contributed by atoms with van der Waals surface area (Å²) in [5.74, 6) is -0.646. The van der Waals surface area contributed by atoms with Crippen LogP contribution in [-0.4, -0.2) is 25.3 Å². The van der Waals surface area contributed by atoms with E-state index < -0.39 is 15.8 Å². The minimum Gasteiger partial charge on any atom is -0.396 e. The number of anilines is 1. The quantitative estimate of drug-likeness (QED) is 0.656. The van der Waals surface area contributed by atoms with E-state index >= 15 is 0 Å². The van der Waals surface area contributed by atoms with Gasteiger partial charge in [-0.2, -0.15) is 4.31 Å². The number of halogens is 2. The SMILES string of the molecule is C=CCN(C1CC1)S(=O)(=O)c1cc(N)c(F)cc1Br. The van der Waals surface area contributed by atoms with Gasteiger partial charge in [0, 0.05) is 17.1 Å². The summed E-state index contributed by atoms with van der Waals surface area (Å²) in [5, 5.41) is 0. The molecular weight excluding hydrogens is 335 g/mol. The highest BCUT2D eigenvalue weighted by atomic mass is 79.9. The Kier molecular flexibility index (Phi) is 3.98. The summed E-state index contributed by atoms with van der Waals surface area (Å²) >= 11 is 3.08. The van der Waals surface area contributed by atoms with E-state index in [0.717, 1.165) is 25.0 Å². The fourth-order valence-corrected chi connectivity index (χ4v) is 4.47. The summed E-state index contributed by atoms with van der Waals surface area (Å²) in [6.07, 6.45) is 3.21. The van der Waals surface area contributed by atoms with E-state index in [0.29, 0.717) is 0 Å². The maximum Gasteiger partial charge on any atom is 0.244 e. The number of nitrogen functional groups attached to an aromatic ring is 1. The number of hydrogen-bond donors (Lipinski definition) is 1. The molecule has 1 aromatic carbocycles. The molecule has 0 unspecified atom stereocenters. The van der Waals surface area contributed by atoms with Crippen molar-refractivity contribution >= 4 is 31.6 Å². The van der Waals surface area contributed by atoms with E-state index in [1.807, 2.05) is 0 Å². The van der Waals surface area contributed by atoms with Crippen molar-refractivity contribution in [2.75, 3.05) is 12.3 Å². The average Bonchev–Trinajstić information content (AvgIpc) is 3.14. The number of sulfonamides is 1. The number of hydrogen-bond acceptors (Lipinski definition) is 3. The Morgan fingerprint density at radius 3 is 2.68 bits per heavy atom. The van der Waals surface area contributed by atoms with Gasteiger partial charge in [-0.25, -0.2) is 12.8 Å². The summed E-state index contributed by atoms with van der Waals surface area (Å²) in [6, 6.07) is 2.22. The first-order valence-corrected chi connectivity index (χ1v) is 7.98. The van der Waals surface area contributed by atoms with Crippen LogP contribution in [0.3, 0.4) is 0 Å². The van der Waals surface area contributed by atoms with Gasteiger partial charge in [-0.05, 0) is 40.9 Å². The molecule has 0 bridgehead atoms. The van der Waals surface area contributed by atoms with E-state index in [1.54, 1.807) is 0 Å². The highest BCUT2D eigenvalue weighted by molar-refractivity contribution is 9.10. The first-order valence-electron chi connectivity index (χ1n) is 5.75. The molecule has 0 radical (unpaired) electrons. The zero-order chi connectivity index (χ0) is 14.2. The lowest BCUT2D eigenvalue weighted by Crippen LogP contribution is -2.33. The van der Waals surface area contributed by atoms with E-state index in [1.165, 1.54) is 10.4 Å². The molecule has 1 aliphatic carbocycles. The van der Waals surface area contributed by atoms with E-state index in [-0.39, 0.29) is 27.6 Å². The third-order valence-electron chi connectivity index (χ3n) is 2.90. The zero-order valence-corrected chi connectivity index (χ0v) is 12.5. The van der Waals surface area contributed by atoms with Crippen LogP contribution < -0.4 is 5.73 Å². The maximum atomic E-state index is 13.3. The number of benzene rings is 1. The van der Waals surface area contributed by atoms with E-state index in [2.05, 4.69) is 22.5 Å². The Morgan fingerprint density at radius 1 is 1.53 bits per heavy atom. The molecule has 2 rings (SSSR count). The minimum absolute atomic E-state index is 0.00109. The second-order valence-corrected chi connectivity index (χ2v) is 7.11. The van der Waals surface area contributed by atoms with Crippen molar-refractivity contribution in [3.63, 3.8) is 0 Å². The van der Waals surface area contributed by atoms with Crippen molar-refractivity contribution < 1.29 is 12.8 Å². The van der Waals surface area contributed by atoms with Crippen LogP contribution in [0.25, 0.3) is 0 Å². The van der Waals surface area contributed by atoms with Gasteiger partial charge in [-0.3, -0.25) is 0 Å². The lowest BCUT2D eigenvalue weighted by atomic mass is 10.3. The molecule has 1 aliphatic rings.